The Morgan fingerprint density at radius 3 is 2.87 bits per heavy atom. The van der Waals surface area contributed by atoms with E-state index in [4.69, 9.17) is 0 Å². The van der Waals surface area contributed by atoms with Crippen LogP contribution in [0.1, 0.15) is 18.4 Å². The van der Waals surface area contributed by atoms with Gasteiger partial charge in [-0.15, -0.1) is 0 Å². The van der Waals surface area contributed by atoms with Gasteiger partial charge >= 0.3 is 0 Å². The molecule has 4 heterocycles. The minimum Gasteiger partial charge on any atom is -0.367 e. The zero-order valence-electron chi connectivity index (χ0n) is 9.08. The molecule has 4 rings (SSSR count). The molecule has 0 saturated carbocycles. The third-order valence-corrected chi connectivity index (χ3v) is 3.89. The first-order valence-corrected chi connectivity index (χ1v) is 5.99. The number of fused-ring (bicyclic) bond motifs is 3. The Hall–Kier alpha value is -0.800. The van der Waals surface area contributed by atoms with Crippen molar-refractivity contribution in [1.82, 2.24) is 15.2 Å². The van der Waals surface area contributed by atoms with E-state index in [1.807, 2.05) is 6.20 Å². The first kappa shape index (κ1) is 9.43. The minimum absolute atomic E-state index is 0.724. The van der Waals surface area contributed by atoms with Crippen molar-refractivity contribution in [2.24, 2.45) is 5.92 Å². The van der Waals surface area contributed by atoms with Crippen molar-refractivity contribution in [1.29, 1.82) is 0 Å². The second kappa shape index (κ2) is 3.99. The molecule has 0 amide bonds. The second-order valence-corrected chi connectivity index (χ2v) is 4.84. The van der Waals surface area contributed by atoms with Crippen LogP contribution in [0.25, 0.3) is 0 Å². The van der Waals surface area contributed by atoms with Crippen LogP contribution in [0.15, 0.2) is 18.5 Å². The number of hydrogen-bond acceptors (Lipinski definition) is 2. The van der Waals surface area contributed by atoms with Crippen molar-refractivity contribution in [3.05, 3.63) is 24.0 Å². The highest BCUT2D eigenvalue weighted by Crippen LogP contribution is 2.27. The first-order chi connectivity index (χ1) is 7.42. The largest absolute Gasteiger partial charge is 0.367 e. The van der Waals surface area contributed by atoms with Crippen LogP contribution in [0, 0.1) is 5.92 Å². The standard InChI is InChI=1S/C12H19N3/c1-4-13-7-10(1)8-14-12-9-15-5-2-11(12)3-6-15/h1,4,7,11-14H,2-3,5-6,8-9H2. The van der Waals surface area contributed by atoms with Crippen LogP contribution in [-0.4, -0.2) is 35.6 Å². The second-order valence-electron chi connectivity index (χ2n) is 4.84. The normalized spacial score (nSPS) is 34.5. The molecule has 2 N–H and O–H groups in total. The molecule has 0 aromatic carbocycles. The molecular weight excluding hydrogens is 186 g/mol. The van der Waals surface area contributed by atoms with E-state index in [9.17, 15) is 0 Å². The van der Waals surface area contributed by atoms with Crippen molar-refractivity contribution in [2.45, 2.75) is 25.4 Å². The van der Waals surface area contributed by atoms with Crippen LogP contribution in [0.4, 0.5) is 0 Å². The molecule has 1 atom stereocenters. The van der Waals surface area contributed by atoms with Crippen molar-refractivity contribution in [3.63, 3.8) is 0 Å². The van der Waals surface area contributed by atoms with Crippen molar-refractivity contribution in [2.75, 3.05) is 19.6 Å². The van der Waals surface area contributed by atoms with Crippen molar-refractivity contribution >= 4 is 0 Å². The number of nitrogens with one attached hydrogen (secondary N) is 2. The molecule has 15 heavy (non-hydrogen) atoms. The van der Waals surface area contributed by atoms with E-state index < -0.39 is 0 Å². The molecule has 3 fully saturated rings. The Bertz CT molecular complexity index is 299. The summed E-state index contributed by atoms with van der Waals surface area (Å²) in [6, 6.07) is 2.87. The Morgan fingerprint density at radius 1 is 1.40 bits per heavy atom. The van der Waals surface area contributed by atoms with Gasteiger partial charge in [0.25, 0.3) is 0 Å². The highest BCUT2D eigenvalue weighted by atomic mass is 15.2. The van der Waals surface area contributed by atoms with Gasteiger partial charge in [-0.1, -0.05) is 0 Å². The maximum atomic E-state index is 3.69. The number of hydrogen-bond donors (Lipinski definition) is 2. The summed E-state index contributed by atoms with van der Waals surface area (Å²) in [5.74, 6) is 0.925. The topological polar surface area (TPSA) is 31.1 Å². The van der Waals surface area contributed by atoms with Gasteiger partial charge in [0.05, 0.1) is 0 Å². The highest BCUT2D eigenvalue weighted by Gasteiger charge is 2.33. The van der Waals surface area contributed by atoms with E-state index in [1.54, 1.807) is 0 Å². The molecule has 3 heteroatoms. The number of rotatable bonds is 3. The molecular formula is C12H19N3. The maximum Gasteiger partial charge on any atom is 0.0227 e. The SMILES string of the molecule is c1cc(CNC2CN3CCC2CC3)c[nH]1. The van der Waals surface area contributed by atoms with Gasteiger partial charge in [-0.25, -0.2) is 0 Å². The lowest BCUT2D eigenvalue weighted by Gasteiger charge is -2.45. The molecule has 3 aliphatic heterocycles. The molecule has 82 valence electrons. The fraction of sp³-hybridized carbons (Fsp3) is 0.667. The van der Waals surface area contributed by atoms with Gasteiger partial charge < -0.3 is 15.2 Å². The van der Waals surface area contributed by atoms with E-state index in [2.05, 4.69) is 27.5 Å². The Labute approximate surface area is 90.9 Å². The quantitative estimate of drug-likeness (QED) is 0.777. The fourth-order valence-electron chi connectivity index (χ4n) is 2.91. The van der Waals surface area contributed by atoms with Gasteiger partial charge in [0.15, 0.2) is 0 Å². The van der Waals surface area contributed by atoms with Crippen LogP contribution in [0.5, 0.6) is 0 Å². The molecule has 0 radical (unpaired) electrons. The van der Waals surface area contributed by atoms with Gasteiger partial charge in [-0.2, -0.15) is 0 Å². The Kier molecular flexibility index (Phi) is 2.51. The lowest BCUT2D eigenvalue weighted by Crippen LogP contribution is -2.55. The summed E-state index contributed by atoms with van der Waals surface area (Å²) in [6.07, 6.45) is 6.86. The van der Waals surface area contributed by atoms with E-state index in [0.29, 0.717) is 0 Å². The highest BCUT2D eigenvalue weighted by molar-refractivity contribution is 5.08. The van der Waals surface area contributed by atoms with Gasteiger partial charge in [0.1, 0.15) is 0 Å². The van der Waals surface area contributed by atoms with E-state index in [0.717, 1.165) is 18.5 Å². The lowest BCUT2D eigenvalue weighted by molar-refractivity contribution is 0.0720. The van der Waals surface area contributed by atoms with E-state index >= 15 is 0 Å². The summed E-state index contributed by atoms with van der Waals surface area (Å²) >= 11 is 0. The third-order valence-electron chi connectivity index (χ3n) is 3.89. The molecule has 1 aromatic heterocycles. The molecule has 3 nitrogen and oxygen atoms in total. The predicted octanol–water partition coefficient (Wildman–Crippen LogP) is 1.20. The van der Waals surface area contributed by atoms with Gasteiger partial charge in [0.2, 0.25) is 0 Å². The summed E-state index contributed by atoms with van der Waals surface area (Å²) in [7, 11) is 0. The smallest absolute Gasteiger partial charge is 0.0227 e. The Balaban J connectivity index is 1.55. The Morgan fingerprint density at radius 2 is 2.27 bits per heavy atom. The van der Waals surface area contributed by atoms with Gasteiger partial charge in [-0.05, 0) is 43.5 Å². The van der Waals surface area contributed by atoms with Crippen molar-refractivity contribution < 1.29 is 0 Å². The molecule has 0 spiro atoms. The average Bonchev–Trinajstić information content (AvgIpc) is 2.81. The predicted molar refractivity (Wildman–Crippen MR) is 60.6 cm³/mol. The number of aromatic amines is 1. The first-order valence-electron chi connectivity index (χ1n) is 5.99. The van der Waals surface area contributed by atoms with Gasteiger partial charge in [0, 0.05) is 31.5 Å². The lowest BCUT2D eigenvalue weighted by atomic mass is 9.84. The van der Waals surface area contributed by atoms with Gasteiger partial charge in [-0.3, -0.25) is 0 Å². The van der Waals surface area contributed by atoms with Crippen LogP contribution >= 0.6 is 0 Å². The monoisotopic (exact) mass is 205 g/mol. The summed E-state index contributed by atoms with van der Waals surface area (Å²) in [5.41, 5.74) is 1.37. The third kappa shape index (κ3) is 1.94. The number of aromatic nitrogens is 1. The molecule has 3 aliphatic rings. The van der Waals surface area contributed by atoms with Crippen LogP contribution < -0.4 is 5.32 Å². The fourth-order valence-corrected chi connectivity index (χ4v) is 2.91. The number of H-pyrrole nitrogens is 1. The summed E-state index contributed by atoms with van der Waals surface area (Å²) in [5, 5.41) is 3.69. The van der Waals surface area contributed by atoms with Crippen LogP contribution in [0.3, 0.4) is 0 Å². The maximum absolute atomic E-state index is 3.69. The van der Waals surface area contributed by atoms with Crippen LogP contribution in [0.2, 0.25) is 0 Å². The molecule has 0 aliphatic carbocycles. The number of piperidine rings is 3. The van der Waals surface area contributed by atoms with Crippen molar-refractivity contribution in [3.8, 4) is 0 Å². The van der Waals surface area contributed by atoms with E-state index in [-0.39, 0.29) is 0 Å². The zero-order chi connectivity index (χ0) is 10.1. The molecule has 2 bridgehead atoms. The van der Waals surface area contributed by atoms with E-state index in [1.165, 1.54) is 38.0 Å². The summed E-state index contributed by atoms with van der Waals surface area (Å²) in [4.78, 5) is 5.69. The summed E-state index contributed by atoms with van der Waals surface area (Å²) < 4.78 is 0. The average molecular weight is 205 g/mol. The summed E-state index contributed by atoms with van der Waals surface area (Å²) in [6.45, 7) is 4.92. The molecule has 1 aromatic rings. The molecule has 3 saturated heterocycles. The zero-order valence-corrected chi connectivity index (χ0v) is 9.08. The number of nitrogens with zero attached hydrogens (tertiary/aromatic N) is 1. The molecule has 1 unspecified atom stereocenters. The minimum atomic E-state index is 0.724. The van der Waals surface area contributed by atoms with Crippen LogP contribution in [-0.2, 0) is 6.54 Å².